The summed E-state index contributed by atoms with van der Waals surface area (Å²) in [4.78, 5) is 16.2. The van der Waals surface area contributed by atoms with Gasteiger partial charge in [-0.05, 0) is 37.6 Å². The number of aryl methyl sites for hydroxylation is 1. The molecule has 1 aromatic heterocycles. The Bertz CT molecular complexity index is 876. The molecular formula is C17H19FN2O4S. The molecule has 1 aliphatic heterocycles. The van der Waals surface area contributed by atoms with Crippen LogP contribution in [0.25, 0.3) is 11.3 Å². The molecule has 1 saturated heterocycles. The van der Waals surface area contributed by atoms with Crippen LogP contribution in [-0.2, 0) is 21.1 Å². The number of rotatable bonds is 5. The molecule has 8 heteroatoms. The first-order valence-corrected chi connectivity index (χ1v) is 9.79. The third-order valence-corrected chi connectivity index (χ3v) is 6.10. The SMILES string of the molecule is CC1(NC(=O)CCc2ncc(-c3ccc(F)cc3)o2)CCS(=O)(=O)C1. The maximum atomic E-state index is 12.9. The topological polar surface area (TPSA) is 89.3 Å². The number of sulfone groups is 1. The number of hydrogen-bond donors (Lipinski definition) is 1. The van der Waals surface area contributed by atoms with Crippen LogP contribution in [0.4, 0.5) is 4.39 Å². The van der Waals surface area contributed by atoms with Crippen molar-refractivity contribution in [3.05, 3.63) is 42.2 Å². The van der Waals surface area contributed by atoms with E-state index in [9.17, 15) is 17.6 Å². The Kier molecular flexibility index (Phi) is 4.64. The number of amides is 1. The van der Waals surface area contributed by atoms with Gasteiger partial charge in [-0.15, -0.1) is 0 Å². The molecule has 0 radical (unpaired) electrons. The smallest absolute Gasteiger partial charge is 0.220 e. The van der Waals surface area contributed by atoms with Crippen LogP contribution in [0.3, 0.4) is 0 Å². The number of benzene rings is 1. The number of hydrogen-bond acceptors (Lipinski definition) is 5. The predicted octanol–water partition coefficient (Wildman–Crippen LogP) is 2.11. The molecule has 2 aromatic rings. The minimum atomic E-state index is -3.07. The Morgan fingerprint density at radius 3 is 2.72 bits per heavy atom. The van der Waals surface area contributed by atoms with E-state index >= 15 is 0 Å². The first-order chi connectivity index (χ1) is 11.7. The summed E-state index contributed by atoms with van der Waals surface area (Å²) in [7, 11) is -3.07. The molecule has 1 unspecified atom stereocenters. The van der Waals surface area contributed by atoms with Gasteiger partial charge in [0.2, 0.25) is 5.91 Å². The van der Waals surface area contributed by atoms with Gasteiger partial charge in [-0.2, -0.15) is 0 Å². The van der Waals surface area contributed by atoms with Crippen LogP contribution < -0.4 is 5.32 Å². The Balaban J connectivity index is 1.55. The summed E-state index contributed by atoms with van der Waals surface area (Å²) in [6.07, 6.45) is 2.41. The van der Waals surface area contributed by atoms with E-state index in [0.717, 1.165) is 0 Å². The van der Waals surface area contributed by atoms with Crippen LogP contribution in [0.5, 0.6) is 0 Å². The minimum Gasteiger partial charge on any atom is -0.441 e. The molecule has 0 bridgehead atoms. The van der Waals surface area contributed by atoms with Crippen LogP contribution in [0.15, 0.2) is 34.9 Å². The van der Waals surface area contributed by atoms with Crippen molar-refractivity contribution >= 4 is 15.7 Å². The summed E-state index contributed by atoms with van der Waals surface area (Å²) in [6.45, 7) is 1.74. The maximum Gasteiger partial charge on any atom is 0.220 e. The number of carbonyl (C=O) groups is 1. The first-order valence-electron chi connectivity index (χ1n) is 7.97. The van der Waals surface area contributed by atoms with Crippen LogP contribution in [-0.4, -0.2) is 36.4 Å². The molecule has 1 fully saturated rings. The lowest BCUT2D eigenvalue weighted by atomic mass is 10.0. The lowest BCUT2D eigenvalue weighted by Gasteiger charge is -2.23. The molecule has 134 valence electrons. The third kappa shape index (κ3) is 4.45. The Labute approximate surface area is 145 Å². The number of carbonyl (C=O) groups excluding carboxylic acids is 1. The second kappa shape index (κ2) is 6.59. The van der Waals surface area contributed by atoms with Gasteiger partial charge >= 0.3 is 0 Å². The fraction of sp³-hybridized carbons (Fsp3) is 0.412. The van der Waals surface area contributed by atoms with Gasteiger partial charge in [0.05, 0.1) is 23.2 Å². The van der Waals surface area contributed by atoms with E-state index in [1.165, 1.54) is 18.3 Å². The van der Waals surface area contributed by atoms with E-state index < -0.39 is 15.4 Å². The number of nitrogens with one attached hydrogen (secondary N) is 1. The highest BCUT2D eigenvalue weighted by Gasteiger charge is 2.39. The summed E-state index contributed by atoms with van der Waals surface area (Å²) in [5.41, 5.74) is -0.000492. The van der Waals surface area contributed by atoms with Crippen LogP contribution in [0.2, 0.25) is 0 Å². The zero-order chi connectivity index (χ0) is 18.1. The van der Waals surface area contributed by atoms with E-state index in [4.69, 9.17) is 4.42 Å². The highest BCUT2D eigenvalue weighted by Crippen LogP contribution is 2.23. The Morgan fingerprint density at radius 1 is 1.36 bits per heavy atom. The zero-order valence-electron chi connectivity index (χ0n) is 13.8. The van der Waals surface area contributed by atoms with Gasteiger partial charge in [-0.25, -0.2) is 17.8 Å². The first kappa shape index (κ1) is 17.6. The standard InChI is InChI=1S/C17H19FN2O4S/c1-17(8-9-25(22,23)11-17)20-15(21)6-7-16-19-10-14(24-16)12-2-4-13(18)5-3-12/h2-5,10H,6-9,11H2,1H3,(H,20,21). The lowest BCUT2D eigenvalue weighted by Crippen LogP contribution is -2.47. The average molecular weight is 366 g/mol. The van der Waals surface area contributed by atoms with Gasteiger partial charge in [0.15, 0.2) is 21.5 Å². The van der Waals surface area contributed by atoms with Crippen molar-refractivity contribution in [2.45, 2.75) is 31.7 Å². The monoisotopic (exact) mass is 366 g/mol. The van der Waals surface area contributed by atoms with Gasteiger partial charge in [-0.1, -0.05) is 0 Å². The quantitative estimate of drug-likeness (QED) is 0.875. The summed E-state index contributed by atoms with van der Waals surface area (Å²) in [5, 5.41) is 2.80. The highest BCUT2D eigenvalue weighted by atomic mass is 32.2. The van der Waals surface area contributed by atoms with Gasteiger partial charge in [0.25, 0.3) is 0 Å². The van der Waals surface area contributed by atoms with E-state index in [2.05, 4.69) is 10.3 Å². The summed E-state index contributed by atoms with van der Waals surface area (Å²) >= 11 is 0. The van der Waals surface area contributed by atoms with Gasteiger partial charge in [0, 0.05) is 18.4 Å². The molecule has 6 nitrogen and oxygen atoms in total. The maximum absolute atomic E-state index is 12.9. The molecule has 2 heterocycles. The molecule has 1 atom stereocenters. The molecule has 0 aliphatic carbocycles. The molecule has 0 saturated carbocycles. The van der Waals surface area contributed by atoms with Crippen LogP contribution in [0, 0.1) is 5.82 Å². The predicted molar refractivity (Wildman–Crippen MR) is 90.0 cm³/mol. The van der Waals surface area contributed by atoms with Crippen LogP contribution in [0.1, 0.15) is 25.7 Å². The van der Waals surface area contributed by atoms with E-state index in [1.54, 1.807) is 19.1 Å². The highest BCUT2D eigenvalue weighted by molar-refractivity contribution is 7.91. The number of oxazole rings is 1. The van der Waals surface area contributed by atoms with Crippen molar-refractivity contribution in [3.63, 3.8) is 0 Å². The zero-order valence-corrected chi connectivity index (χ0v) is 14.6. The molecular weight excluding hydrogens is 347 g/mol. The van der Waals surface area contributed by atoms with Crippen molar-refractivity contribution in [3.8, 4) is 11.3 Å². The van der Waals surface area contributed by atoms with Crippen molar-refractivity contribution in [1.29, 1.82) is 0 Å². The lowest BCUT2D eigenvalue weighted by molar-refractivity contribution is -0.122. The number of nitrogens with zero attached hydrogens (tertiary/aromatic N) is 1. The molecule has 1 aromatic carbocycles. The molecule has 3 rings (SSSR count). The summed E-state index contributed by atoms with van der Waals surface area (Å²) < 4.78 is 41.6. The second-order valence-electron chi connectivity index (χ2n) is 6.58. The van der Waals surface area contributed by atoms with E-state index in [1.807, 2.05) is 0 Å². The molecule has 1 amide bonds. The van der Waals surface area contributed by atoms with Crippen molar-refractivity contribution < 1.29 is 22.0 Å². The molecule has 25 heavy (non-hydrogen) atoms. The second-order valence-corrected chi connectivity index (χ2v) is 8.76. The fourth-order valence-corrected chi connectivity index (χ4v) is 5.00. The Morgan fingerprint density at radius 2 is 2.08 bits per heavy atom. The Hall–Kier alpha value is -2.22. The van der Waals surface area contributed by atoms with Gasteiger partial charge in [0.1, 0.15) is 5.82 Å². The van der Waals surface area contributed by atoms with Gasteiger partial charge < -0.3 is 9.73 Å². The van der Waals surface area contributed by atoms with E-state index in [-0.39, 0.29) is 29.7 Å². The summed E-state index contributed by atoms with van der Waals surface area (Å²) in [5.74, 6) is 0.413. The van der Waals surface area contributed by atoms with Crippen molar-refractivity contribution in [2.24, 2.45) is 0 Å². The summed E-state index contributed by atoms with van der Waals surface area (Å²) in [6, 6.07) is 5.85. The average Bonchev–Trinajstić information content (AvgIpc) is 3.10. The number of halogens is 1. The van der Waals surface area contributed by atoms with E-state index in [0.29, 0.717) is 30.1 Å². The molecule has 1 aliphatic rings. The van der Waals surface area contributed by atoms with Crippen molar-refractivity contribution in [2.75, 3.05) is 11.5 Å². The molecule has 1 N–H and O–H groups in total. The number of aromatic nitrogens is 1. The van der Waals surface area contributed by atoms with Gasteiger partial charge in [-0.3, -0.25) is 4.79 Å². The fourth-order valence-electron chi connectivity index (χ4n) is 2.90. The largest absolute Gasteiger partial charge is 0.441 e. The minimum absolute atomic E-state index is 0.0283. The molecule has 0 spiro atoms. The van der Waals surface area contributed by atoms with Crippen molar-refractivity contribution in [1.82, 2.24) is 10.3 Å². The van der Waals surface area contributed by atoms with Crippen LogP contribution >= 0.6 is 0 Å². The third-order valence-electron chi connectivity index (χ3n) is 4.19. The normalized spacial score (nSPS) is 22.0.